The molecule has 6 heteroatoms. The molecule has 0 spiro atoms. The third-order valence-corrected chi connectivity index (χ3v) is 2.37. The van der Waals surface area contributed by atoms with Gasteiger partial charge in [-0.05, 0) is 12.8 Å². The number of hydrogen-bond acceptors (Lipinski definition) is 5. The van der Waals surface area contributed by atoms with Crippen molar-refractivity contribution in [1.82, 2.24) is 9.97 Å². The van der Waals surface area contributed by atoms with Gasteiger partial charge in [-0.1, -0.05) is 6.92 Å². The fourth-order valence-corrected chi connectivity index (χ4v) is 1.46. The van der Waals surface area contributed by atoms with Crippen LogP contribution in [0.3, 0.4) is 0 Å². The Morgan fingerprint density at radius 1 is 1.59 bits per heavy atom. The minimum atomic E-state index is -0.795. The Labute approximate surface area is 100 Å². The van der Waals surface area contributed by atoms with Gasteiger partial charge >= 0.3 is 5.97 Å². The first kappa shape index (κ1) is 13.2. The van der Waals surface area contributed by atoms with Gasteiger partial charge in [0, 0.05) is 13.0 Å². The maximum Gasteiger partial charge on any atom is 0.303 e. The highest BCUT2D eigenvalue weighted by atomic mass is 16.5. The van der Waals surface area contributed by atoms with Crippen molar-refractivity contribution in [1.29, 1.82) is 0 Å². The first-order valence-corrected chi connectivity index (χ1v) is 5.35. The summed E-state index contributed by atoms with van der Waals surface area (Å²) in [6.45, 7) is 4.27. The van der Waals surface area contributed by atoms with Gasteiger partial charge in [-0.25, -0.2) is 9.97 Å². The Balaban J connectivity index is 2.60. The summed E-state index contributed by atoms with van der Waals surface area (Å²) in [6, 6.07) is 0. The Hall–Kier alpha value is -1.85. The van der Waals surface area contributed by atoms with Gasteiger partial charge in [-0.15, -0.1) is 0 Å². The lowest BCUT2D eigenvalue weighted by Gasteiger charge is -2.13. The van der Waals surface area contributed by atoms with Crippen molar-refractivity contribution in [3.8, 4) is 5.88 Å². The van der Waals surface area contributed by atoms with Crippen LogP contribution in [0, 0.1) is 12.8 Å². The van der Waals surface area contributed by atoms with E-state index in [0.717, 1.165) is 5.56 Å². The van der Waals surface area contributed by atoms with E-state index in [1.54, 1.807) is 7.11 Å². The molecule has 0 aromatic carbocycles. The van der Waals surface area contributed by atoms with Gasteiger partial charge in [0.05, 0.1) is 12.7 Å². The molecule has 0 aliphatic heterocycles. The number of carboxylic acids is 1. The number of rotatable bonds is 6. The number of nitrogens with one attached hydrogen (secondary N) is 1. The quantitative estimate of drug-likeness (QED) is 0.778. The molecule has 1 unspecified atom stereocenters. The highest BCUT2D eigenvalue weighted by Gasteiger charge is 2.10. The molecule has 6 nitrogen and oxygen atoms in total. The number of ether oxygens (including phenoxy) is 1. The lowest BCUT2D eigenvalue weighted by Crippen LogP contribution is -2.16. The summed E-state index contributed by atoms with van der Waals surface area (Å²) < 4.78 is 5.07. The molecule has 1 aromatic rings. The zero-order valence-electron chi connectivity index (χ0n) is 10.2. The standard InChI is InChI=1S/C11H17N3O3/c1-7(4-9(15)16)5-12-10-8(2)11(17-3)14-6-13-10/h6-7H,4-5H2,1-3H3,(H,15,16)(H,12,13,14). The molecule has 94 valence electrons. The monoisotopic (exact) mass is 239 g/mol. The Morgan fingerprint density at radius 2 is 2.29 bits per heavy atom. The minimum absolute atomic E-state index is 0.0351. The molecule has 17 heavy (non-hydrogen) atoms. The summed E-state index contributed by atoms with van der Waals surface area (Å²) in [5.74, 6) is 0.437. The largest absolute Gasteiger partial charge is 0.481 e. The molecule has 0 saturated heterocycles. The summed E-state index contributed by atoms with van der Waals surface area (Å²) in [6.07, 6.45) is 1.55. The zero-order valence-corrected chi connectivity index (χ0v) is 10.2. The smallest absolute Gasteiger partial charge is 0.303 e. The van der Waals surface area contributed by atoms with Crippen molar-refractivity contribution in [2.45, 2.75) is 20.3 Å². The highest BCUT2D eigenvalue weighted by molar-refractivity contribution is 5.67. The lowest BCUT2D eigenvalue weighted by atomic mass is 10.1. The summed E-state index contributed by atoms with van der Waals surface area (Å²) in [7, 11) is 1.55. The van der Waals surface area contributed by atoms with E-state index in [1.165, 1.54) is 6.33 Å². The van der Waals surface area contributed by atoms with Gasteiger partial charge in [0.2, 0.25) is 5.88 Å². The molecular weight excluding hydrogens is 222 g/mol. The van der Waals surface area contributed by atoms with Gasteiger partial charge in [0.1, 0.15) is 12.1 Å². The maximum absolute atomic E-state index is 10.5. The van der Waals surface area contributed by atoms with Crippen molar-refractivity contribution >= 4 is 11.8 Å². The number of anilines is 1. The van der Waals surface area contributed by atoms with Gasteiger partial charge in [0.25, 0.3) is 0 Å². The van der Waals surface area contributed by atoms with Gasteiger partial charge in [-0.2, -0.15) is 0 Å². The van der Waals surface area contributed by atoms with Crippen LogP contribution >= 0.6 is 0 Å². The second-order valence-electron chi connectivity index (χ2n) is 3.94. The van der Waals surface area contributed by atoms with Crippen molar-refractivity contribution in [2.75, 3.05) is 19.0 Å². The Morgan fingerprint density at radius 3 is 2.88 bits per heavy atom. The van der Waals surface area contributed by atoms with E-state index >= 15 is 0 Å². The van der Waals surface area contributed by atoms with Crippen LogP contribution < -0.4 is 10.1 Å². The second kappa shape index (κ2) is 6.03. The molecule has 1 rings (SSSR count). The zero-order chi connectivity index (χ0) is 12.8. The predicted molar refractivity (Wildman–Crippen MR) is 63.2 cm³/mol. The average Bonchev–Trinajstić information content (AvgIpc) is 2.27. The number of hydrogen-bond donors (Lipinski definition) is 2. The SMILES string of the molecule is COc1ncnc(NCC(C)CC(=O)O)c1C. The van der Waals surface area contributed by atoms with Crippen molar-refractivity contribution in [3.05, 3.63) is 11.9 Å². The van der Waals surface area contributed by atoms with Crippen molar-refractivity contribution in [3.63, 3.8) is 0 Å². The van der Waals surface area contributed by atoms with Crippen LogP contribution in [0.4, 0.5) is 5.82 Å². The van der Waals surface area contributed by atoms with E-state index in [0.29, 0.717) is 18.2 Å². The molecule has 0 saturated carbocycles. The van der Waals surface area contributed by atoms with Crippen LogP contribution in [-0.4, -0.2) is 34.7 Å². The van der Waals surface area contributed by atoms with Gasteiger partial charge in [0.15, 0.2) is 0 Å². The fourth-order valence-electron chi connectivity index (χ4n) is 1.46. The van der Waals surface area contributed by atoms with E-state index < -0.39 is 5.97 Å². The third-order valence-electron chi connectivity index (χ3n) is 2.37. The summed E-state index contributed by atoms with van der Waals surface area (Å²) >= 11 is 0. The molecule has 0 radical (unpaired) electrons. The topological polar surface area (TPSA) is 84.3 Å². The minimum Gasteiger partial charge on any atom is -0.481 e. The maximum atomic E-state index is 10.5. The molecule has 2 N–H and O–H groups in total. The second-order valence-corrected chi connectivity index (χ2v) is 3.94. The number of carbonyl (C=O) groups is 1. The average molecular weight is 239 g/mol. The van der Waals surface area contributed by atoms with Crippen LogP contribution in [-0.2, 0) is 4.79 Å². The molecule has 0 aliphatic rings. The summed E-state index contributed by atoms with van der Waals surface area (Å²) in [5, 5.41) is 11.7. The summed E-state index contributed by atoms with van der Waals surface area (Å²) in [5.41, 5.74) is 0.817. The third kappa shape index (κ3) is 3.90. The molecule has 0 fully saturated rings. The van der Waals surface area contributed by atoms with Gasteiger partial charge in [-0.3, -0.25) is 4.79 Å². The van der Waals surface area contributed by atoms with Crippen molar-refractivity contribution < 1.29 is 14.6 Å². The van der Waals surface area contributed by atoms with E-state index in [1.807, 2.05) is 13.8 Å². The molecule has 0 amide bonds. The Kier molecular flexibility index (Phi) is 4.68. The first-order valence-electron chi connectivity index (χ1n) is 5.35. The number of aromatic nitrogens is 2. The normalized spacial score (nSPS) is 11.9. The van der Waals surface area contributed by atoms with Crippen molar-refractivity contribution in [2.24, 2.45) is 5.92 Å². The van der Waals surface area contributed by atoms with Crippen LogP contribution in [0.25, 0.3) is 0 Å². The van der Waals surface area contributed by atoms with Gasteiger partial charge < -0.3 is 15.2 Å². The van der Waals surface area contributed by atoms with Crippen LogP contribution in [0.15, 0.2) is 6.33 Å². The first-order chi connectivity index (χ1) is 8.04. The molecule has 0 bridgehead atoms. The summed E-state index contributed by atoms with van der Waals surface area (Å²) in [4.78, 5) is 18.6. The predicted octanol–water partition coefficient (Wildman–Crippen LogP) is 1.32. The van der Waals surface area contributed by atoms with Crippen LogP contribution in [0.1, 0.15) is 18.9 Å². The van der Waals surface area contributed by atoms with Crippen LogP contribution in [0.5, 0.6) is 5.88 Å². The van der Waals surface area contributed by atoms with E-state index in [4.69, 9.17) is 9.84 Å². The molecular formula is C11H17N3O3. The molecule has 1 atom stereocenters. The fraction of sp³-hybridized carbons (Fsp3) is 0.545. The molecule has 1 aromatic heterocycles. The number of nitrogens with zero attached hydrogens (tertiary/aromatic N) is 2. The molecule has 1 heterocycles. The number of carboxylic acid groups (broad SMARTS) is 1. The van der Waals surface area contributed by atoms with E-state index in [2.05, 4.69) is 15.3 Å². The highest BCUT2D eigenvalue weighted by Crippen LogP contribution is 2.20. The van der Waals surface area contributed by atoms with Crippen LogP contribution in [0.2, 0.25) is 0 Å². The molecule has 0 aliphatic carbocycles. The number of methoxy groups -OCH3 is 1. The van der Waals surface area contributed by atoms with E-state index in [-0.39, 0.29) is 12.3 Å². The number of aliphatic carboxylic acids is 1. The van der Waals surface area contributed by atoms with E-state index in [9.17, 15) is 4.79 Å². The lowest BCUT2D eigenvalue weighted by molar-refractivity contribution is -0.137. The Bertz CT molecular complexity index is 396.